The van der Waals surface area contributed by atoms with Crippen LogP contribution in [0.25, 0.3) is 0 Å². The molecule has 18 heavy (non-hydrogen) atoms. The van der Waals surface area contributed by atoms with Crippen LogP contribution in [0.5, 0.6) is 0 Å². The lowest BCUT2D eigenvalue weighted by atomic mass is 10.2. The largest absolute Gasteiger partial charge is 0.378 e. The number of rotatable bonds is 5. The van der Waals surface area contributed by atoms with Crippen molar-refractivity contribution in [1.82, 2.24) is 15.3 Å². The zero-order valence-electron chi connectivity index (χ0n) is 11.2. The van der Waals surface area contributed by atoms with Crippen molar-refractivity contribution < 1.29 is 4.74 Å². The van der Waals surface area contributed by atoms with Crippen LogP contribution >= 0.6 is 0 Å². The topological polar surface area (TPSA) is 50.3 Å². The van der Waals surface area contributed by atoms with Crippen LogP contribution < -0.4 is 10.2 Å². The number of nitrogens with one attached hydrogen (secondary N) is 1. The molecule has 0 aromatic carbocycles. The van der Waals surface area contributed by atoms with Gasteiger partial charge in [-0.2, -0.15) is 0 Å². The van der Waals surface area contributed by atoms with Gasteiger partial charge in [0.25, 0.3) is 0 Å². The molecule has 0 spiro atoms. The predicted octanol–water partition coefficient (Wildman–Crippen LogP) is 0.854. The second-order valence-corrected chi connectivity index (χ2v) is 4.75. The SMILES string of the molecule is CCCc1cnc(N(C)CC2COCCN2)nc1. The lowest BCUT2D eigenvalue weighted by molar-refractivity contribution is 0.0790. The maximum absolute atomic E-state index is 5.44. The minimum atomic E-state index is 0.364. The van der Waals surface area contributed by atoms with E-state index in [0.717, 1.165) is 45.1 Å². The van der Waals surface area contributed by atoms with Gasteiger partial charge in [0, 0.05) is 38.6 Å². The van der Waals surface area contributed by atoms with Gasteiger partial charge in [-0.25, -0.2) is 9.97 Å². The smallest absolute Gasteiger partial charge is 0.225 e. The van der Waals surface area contributed by atoms with Crippen molar-refractivity contribution in [2.45, 2.75) is 25.8 Å². The van der Waals surface area contributed by atoms with E-state index in [1.165, 1.54) is 5.56 Å². The van der Waals surface area contributed by atoms with Gasteiger partial charge in [-0.3, -0.25) is 0 Å². The van der Waals surface area contributed by atoms with E-state index < -0.39 is 0 Å². The molecule has 1 aliphatic heterocycles. The van der Waals surface area contributed by atoms with Crippen LogP contribution in [0.1, 0.15) is 18.9 Å². The molecule has 1 atom stereocenters. The highest BCUT2D eigenvalue weighted by atomic mass is 16.5. The minimum absolute atomic E-state index is 0.364. The van der Waals surface area contributed by atoms with Crippen LogP contribution in [0, 0.1) is 0 Å². The Labute approximate surface area is 109 Å². The molecule has 0 radical (unpaired) electrons. The van der Waals surface area contributed by atoms with Crippen molar-refractivity contribution in [3.8, 4) is 0 Å². The Morgan fingerprint density at radius 3 is 2.83 bits per heavy atom. The quantitative estimate of drug-likeness (QED) is 0.840. The first-order chi connectivity index (χ1) is 8.79. The molecule has 0 amide bonds. The van der Waals surface area contributed by atoms with Gasteiger partial charge in [-0.05, 0) is 12.0 Å². The van der Waals surface area contributed by atoms with E-state index in [2.05, 4.69) is 27.1 Å². The Hall–Kier alpha value is -1.20. The van der Waals surface area contributed by atoms with Crippen molar-refractivity contribution in [1.29, 1.82) is 0 Å². The summed E-state index contributed by atoms with van der Waals surface area (Å²) in [6.07, 6.45) is 6.02. The number of ether oxygens (including phenoxy) is 1. The normalized spacial score (nSPS) is 19.8. The van der Waals surface area contributed by atoms with E-state index in [1.807, 2.05) is 19.4 Å². The molecule has 1 aliphatic rings. The van der Waals surface area contributed by atoms with Gasteiger partial charge in [-0.1, -0.05) is 13.3 Å². The van der Waals surface area contributed by atoms with Crippen molar-refractivity contribution in [2.75, 3.05) is 38.3 Å². The van der Waals surface area contributed by atoms with Crippen molar-refractivity contribution >= 4 is 5.95 Å². The Morgan fingerprint density at radius 2 is 2.22 bits per heavy atom. The average Bonchev–Trinajstić information content (AvgIpc) is 2.41. The molecule has 5 heteroatoms. The lowest BCUT2D eigenvalue weighted by Crippen LogP contribution is -2.48. The lowest BCUT2D eigenvalue weighted by Gasteiger charge is -2.28. The molecule has 1 aromatic rings. The third-order valence-electron chi connectivity index (χ3n) is 3.06. The zero-order chi connectivity index (χ0) is 12.8. The first kappa shape index (κ1) is 13.2. The molecule has 5 nitrogen and oxygen atoms in total. The van der Waals surface area contributed by atoms with Gasteiger partial charge >= 0.3 is 0 Å². The average molecular weight is 250 g/mol. The first-order valence-electron chi connectivity index (χ1n) is 6.62. The number of hydrogen-bond donors (Lipinski definition) is 1. The fraction of sp³-hybridized carbons (Fsp3) is 0.692. The van der Waals surface area contributed by atoms with Crippen molar-refractivity contribution in [3.05, 3.63) is 18.0 Å². The maximum Gasteiger partial charge on any atom is 0.225 e. The molecule has 0 saturated carbocycles. The number of morpholine rings is 1. The summed E-state index contributed by atoms with van der Waals surface area (Å²) in [5, 5.41) is 3.43. The van der Waals surface area contributed by atoms with Gasteiger partial charge in [-0.15, -0.1) is 0 Å². The summed E-state index contributed by atoms with van der Waals surface area (Å²) in [6.45, 7) is 5.53. The van der Waals surface area contributed by atoms with Gasteiger partial charge in [0.05, 0.1) is 13.2 Å². The van der Waals surface area contributed by atoms with E-state index in [-0.39, 0.29) is 0 Å². The Morgan fingerprint density at radius 1 is 1.44 bits per heavy atom. The summed E-state index contributed by atoms with van der Waals surface area (Å²) < 4.78 is 5.44. The van der Waals surface area contributed by atoms with Crippen LogP contribution in [0.4, 0.5) is 5.95 Å². The van der Waals surface area contributed by atoms with E-state index in [4.69, 9.17) is 4.74 Å². The van der Waals surface area contributed by atoms with Crippen molar-refractivity contribution in [3.63, 3.8) is 0 Å². The zero-order valence-corrected chi connectivity index (χ0v) is 11.2. The second kappa shape index (κ2) is 6.66. The number of aromatic nitrogens is 2. The van der Waals surface area contributed by atoms with Gasteiger partial charge in [0.2, 0.25) is 5.95 Å². The van der Waals surface area contributed by atoms with Gasteiger partial charge < -0.3 is 15.0 Å². The van der Waals surface area contributed by atoms with E-state index in [0.29, 0.717) is 6.04 Å². The summed E-state index contributed by atoms with van der Waals surface area (Å²) in [5.41, 5.74) is 1.20. The highest BCUT2D eigenvalue weighted by molar-refractivity contribution is 5.28. The molecule has 100 valence electrons. The Balaban J connectivity index is 1.89. The van der Waals surface area contributed by atoms with Crippen molar-refractivity contribution in [2.24, 2.45) is 0 Å². The third kappa shape index (κ3) is 3.65. The summed E-state index contributed by atoms with van der Waals surface area (Å²) in [5.74, 6) is 0.780. The fourth-order valence-electron chi connectivity index (χ4n) is 2.11. The molecule has 0 aliphatic carbocycles. The van der Waals surface area contributed by atoms with Crippen LogP contribution in [0.15, 0.2) is 12.4 Å². The van der Waals surface area contributed by atoms with E-state index in [1.54, 1.807) is 0 Å². The Bertz CT molecular complexity index is 349. The first-order valence-corrected chi connectivity index (χ1v) is 6.62. The van der Waals surface area contributed by atoms with Crippen LogP contribution in [0.3, 0.4) is 0 Å². The summed E-state index contributed by atoms with van der Waals surface area (Å²) in [4.78, 5) is 10.9. The van der Waals surface area contributed by atoms with E-state index in [9.17, 15) is 0 Å². The number of anilines is 1. The van der Waals surface area contributed by atoms with Crippen LogP contribution in [-0.2, 0) is 11.2 Å². The molecule has 0 bridgehead atoms. The molecule has 1 saturated heterocycles. The standard InChI is InChI=1S/C13H22N4O/c1-3-4-11-7-15-13(16-8-11)17(2)9-12-10-18-6-5-14-12/h7-8,12,14H,3-6,9-10H2,1-2H3. The third-order valence-corrected chi connectivity index (χ3v) is 3.06. The Kier molecular flexibility index (Phi) is 4.90. The summed E-state index contributed by atoms with van der Waals surface area (Å²) >= 11 is 0. The van der Waals surface area contributed by atoms with Crippen LogP contribution in [0.2, 0.25) is 0 Å². The molecule has 1 fully saturated rings. The van der Waals surface area contributed by atoms with E-state index >= 15 is 0 Å². The highest BCUT2D eigenvalue weighted by Gasteiger charge is 2.16. The molecular weight excluding hydrogens is 228 g/mol. The molecule has 2 heterocycles. The minimum Gasteiger partial charge on any atom is -0.378 e. The number of nitrogens with zero attached hydrogens (tertiary/aromatic N) is 3. The summed E-state index contributed by atoms with van der Waals surface area (Å²) in [7, 11) is 2.02. The number of aryl methyl sites for hydroxylation is 1. The maximum atomic E-state index is 5.44. The van der Waals surface area contributed by atoms with Crippen LogP contribution in [-0.4, -0.2) is 49.4 Å². The molecular formula is C13H22N4O. The molecule has 1 unspecified atom stereocenters. The van der Waals surface area contributed by atoms with Gasteiger partial charge in [0.15, 0.2) is 0 Å². The number of likely N-dealkylation sites (N-methyl/N-ethyl adjacent to an activating group) is 1. The predicted molar refractivity (Wildman–Crippen MR) is 71.9 cm³/mol. The van der Waals surface area contributed by atoms with Gasteiger partial charge in [0.1, 0.15) is 0 Å². The molecule has 1 N–H and O–H groups in total. The highest BCUT2D eigenvalue weighted by Crippen LogP contribution is 2.08. The second-order valence-electron chi connectivity index (χ2n) is 4.75. The monoisotopic (exact) mass is 250 g/mol. The fourth-order valence-corrected chi connectivity index (χ4v) is 2.11. The number of hydrogen-bond acceptors (Lipinski definition) is 5. The summed E-state index contributed by atoms with van der Waals surface area (Å²) in [6, 6.07) is 0.364. The molecule has 1 aromatic heterocycles. The molecule has 2 rings (SSSR count).